The third-order valence-corrected chi connectivity index (χ3v) is 2.84. The van der Waals surface area contributed by atoms with Crippen molar-refractivity contribution >= 4 is 17.7 Å². The molecule has 0 radical (unpaired) electrons. The van der Waals surface area contributed by atoms with Crippen LogP contribution in [0.25, 0.3) is 0 Å². The van der Waals surface area contributed by atoms with E-state index in [1.807, 2.05) is 6.92 Å². The van der Waals surface area contributed by atoms with E-state index in [0.717, 1.165) is 25.0 Å². The van der Waals surface area contributed by atoms with Crippen LogP contribution in [0.5, 0.6) is 0 Å². The maximum Gasteiger partial charge on any atom is 0.315 e. The monoisotopic (exact) mass is 236 g/mol. The van der Waals surface area contributed by atoms with Gasteiger partial charge in [-0.15, -0.1) is 0 Å². The third-order valence-electron chi connectivity index (χ3n) is 1.83. The number of rotatable bonds is 9. The van der Waals surface area contributed by atoms with Gasteiger partial charge in [0.2, 0.25) is 0 Å². The van der Waals surface area contributed by atoms with Crippen LogP contribution < -0.4 is 0 Å². The Labute approximate surface area is 96.0 Å². The van der Waals surface area contributed by atoms with Crippen molar-refractivity contribution in [2.45, 2.75) is 45.7 Å². The van der Waals surface area contributed by atoms with E-state index in [9.17, 15) is 9.18 Å². The minimum absolute atomic E-state index is 0.138. The number of hydrogen-bond acceptors (Lipinski definition) is 3. The highest BCUT2D eigenvalue weighted by molar-refractivity contribution is 7.99. The molecule has 0 heterocycles. The normalized spacial score (nSPS) is 12.5. The highest BCUT2D eigenvalue weighted by Crippen LogP contribution is 2.09. The van der Waals surface area contributed by atoms with Gasteiger partial charge in [0.25, 0.3) is 0 Å². The van der Waals surface area contributed by atoms with Crippen molar-refractivity contribution in [3.8, 4) is 0 Å². The second kappa shape index (κ2) is 10.3. The maximum atomic E-state index is 12.4. The molecule has 1 unspecified atom stereocenters. The number of unbranched alkanes of at least 4 members (excludes halogenated alkanes) is 1. The van der Waals surface area contributed by atoms with Gasteiger partial charge in [-0.2, -0.15) is 11.8 Å². The van der Waals surface area contributed by atoms with Crippen molar-refractivity contribution < 1.29 is 13.9 Å². The van der Waals surface area contributed by atoms with Crippen LogP contribution >= 0.6 is 11.8 Å². The van der Waals surface area contributed by atoms with Crippen LogP contribution in [-0.2, 0) is 9.53 Å². The average molecular weight is 236 g/mol. The minimum atomic E-state index is -0.704. The Kier molecular flexibility index (Phi) is 10.1. The van der Waals surface area contributed by atoms with Crippen LogP contribution in [0.3, 0.4) is 0 Å². The summed E-state index contributed by atoms with van der Waals surface area (Å²) in [5, 5.41) is 0. The number of hydrogen-bond donors (Lipinski definition) is 0. The molecule has 0 bridgehead atoms. The van der Waals surface area contributed by atoms with E-state index in [0.29, 0.717) is 18.8 Å². The first-order chi connectivity index (χ1) is 7.16. The molecule has 0 saturated carbocycles. The first-order valence-corrected chi connectivity index (χ1v) is 6.69. The molecule has 4 heteroatoms. The number of carbonyl (C=O) groups is 1. The van der Waals surface area contributed by atoms with Gasteiger partial charge in [-0.1, -0.05) is 6.92 Å². The summed E-state index contributed by atoms with van der Waals surface area (Å²) >= 11 is 1.57. The molecule has 0 saturated heterocycles. The molecule has 0 aromatic carbocycles. The molecule has 2 nitrogen and oxygen atoms in total. The molecule has 90 valence electrons. The second-order valence-corrected chi connectivity index (χ2v) is 4.65. The summed E-state index contributed by atoms with van der Waals surface area (Å²) in [5.41, 5.74) is 0. The van der Waals surface area contributed by atoms with Crippen LogP contribution in [0.1, 0.15) is 39.5 Å². The molecule has 1 atom stereocenters. The predicted octanol–water partition coefficient (Wildman–Crippen LogP) is 3.20. The molecule has 0 N–H and O–H groups in total. The minimum Gasteiger partial charge on any atom is -0.465 e. The molecule has 0 aliphatic carbocycles. The molecular formula is C11H21FO2S. The highest BCUT2D eigenvalue weighted by Gasteiger charge is 2.02. The molecule has 0 spiro atoms. The molecule has 0 aliphatic rings. The Hall–Kier alpha value is -0.250. The van der Waals surface area contributed by atoms with Crippen molar-refractivity contribution in [2.24, 2.45) is 0 Å². The summed E-state index contributed by atoms with van der Waals surface area (Å²) < 4.78 is 17.3. The van der Waals surface area contributed by atoms with Crippen molar-refractivity contribution in [1.82, 2.24) is 0 Å². The lowest BCUT2D eigenvalue weighted by Crippen LogP contribution is -2.08. The molecule has 15 heavy (non-hydrogen) atoms. The fourth-order valence-corrected chi connectivity index (χ4v) is 1.85. The maximum absolute atomic E-state index is 12.4. The molecule has 0 rings (SSSR count). The van der Waals surface area contributed by atoms with E-state index in [2.05, 4.69) is 0 Å². The van der Waals surface area contributed by atoms with Gasteiger partial charge in [-0.25, -0.2) is 4.39 Å². The van der Waals surface area contributed by atoms with E-state index in [1.54, 1.807) is 18.7 Å². The molecule has 0 aromatic rings. The SMILES string of the molecule is CCCOC(=O)CSCCCCC(C)F. The lowest BCUT2D eigenvalue weighted by molar-refractivity contribution is -0.140. The van der Waals surface area contributed by atoms with Gasteiger partial charge in [0, 0.05) is 0 Å². The third kappa shape index (κ3) is 11.7. The molecule has 0 amide bonds. The Morgan fingerprint density at radius 2 is 2.20 bits per heavy atom. The van der Waals surface area contributed by atoms with E-state index < -0.39 is 6.17 Å². The zero-order valence-electron chi connectivity index (χ0n) is 9.63. The van der Waals surface area contributed by atoms with Crippen molar-refractivity contribution in [1.29, 1.82) is 0 Å². The number of alkyl halides is 1. The lowest BCUT2D eigenvalue weighted by Gasteiger charge is -2.03. The summed E-state index contributed by atoms with van der Waals surface area (Å²) in [6.07, 6.45) is 2.66. The number of esters is 1. The number of ether oxygens (including phenoxy) is 1. The van der Waals surface area contributed by atoms with Gasteiger partial charge in [0.15, 0.2) is 0 Å². The number of halogens is 1. The van der Waals surface area contributed by atoms with Crippen molar-refractivity contribution in [2.75, 3.05) is 18.1 Å². The summed E-state index contributed by atoms with van der Waals surface area (Å²) in [7, 11) is 0. The molecule has 0 aliphatic heterocycles. The standard InChI is InChI=1S/C11H21FO2S/c1-3-7-14-11(13)9-15-8-5-4-6-10(2)12/h10H,3-9H2,1-2H3. The first-order valence-electron chi connectivity index (χ1n) is 5.54. The summed E-state index contributed by atoms with van der Waals surface area (Å²) in [6, 6.07) is 0. The fraction of sp³-hybridized carbons (Fsp3) is 0.909. The van der Waals surface area contributed by atoms with Crippen molar-refractivity contribution in [3.63, 3.8) is 0 Å². The van der Waals surface area contributed by atoms with Crippen LogP contribution in [0, 0.1) is 0 Å². The lowest BCUT2D eigenvalue weighted by atomic mass is 10.2. The summed E-state index contributed by atoms with van der Waals surface area (Å²) in [5.74, 6) is 1.19. The smallest absolute Gasteiger partial charge is 0.315 e. The Morgan fingerprint density at radius 3 is 2.80 bits per heavy atom. The zero-order chi connectivity index (χ0) is 11.5. The van der Waals surface area contributed by atoms with Gasteiger partial charge in [-0.3, -0.25) is 4.79 Å². The Bertz CT molecular complexity index is 163. The molecular weight excluding hydrogens is 215 g/mol. The van der Waals surface area contributed by atoms with Crippen LogP contribution in [0.4, 0.5) is 4.39 Å². The van der Waals surface area contributed by atoms with E-state index in [-0.39, 0.29) is 5.97 Å². The van der Waals surface area contributed by atoms with Crippen LogP contribution in [0.2, 0.25) is 0 Å². The fourth-order valence-electron chi connectivity index (χ4n) is 1.04. The van der Waals surface area contributed by atoms with E-state index >= 15 is 0 Å². The highest BCUT2D eigenvalue weighted by atomic mass is 32.2. The van der Waals surface area contributed by atoms with Gasteiger partial charge >= 0.3 is 5.97 Å². The van der Waals surface area contributed by atoms with Crippen LogP contribution in [-0.4, -0.2) is 30.3 Å². The van der Waals surface area contributed by atoms with Gasteiger partial charge < -0.3 is 4.74 Å². The predicted molar refractivity (Wildman–Crippen MR) is 63.0 cm³/mol. The first kappa shape index (κ1) is 14.8. The molecule has 0 aromatic heterocycles. The molecule has 0 fully saturated rings. The van der Waals surface area contributed by atoms with Gasteiger partial charge in [0.1, 0.15) is 0 Å². The van der Waals surface area contributed by atoms with Crippen molar-refractivity contribution in [3.05, 3.63) is 0 Å². The zero-order valence-corrected chi connectivity index (χ0v) is 10.4. The largest absolute Gasteiger partial charge is 0.465 e. The summed E-state index contributed by atoms with van der Waals surface area (Å²) in [6.45, 7) is 4.06. The quantitative estimate of drug-likeness (QED) is 0.454. The van der Waals surface area contributed by atoms with Gasteiger partial charge in [0.05, 0.1) is 18.5 Å². The topological polar surface area (TPSA) is 26.3 Å². The van der Waals surface area contributed by atoms with Gasteiger partial charge in [-0.05, 0) is 38.4 Å². The average Bonchev–Trinajstić information content (AvgIpc) is 2.19. The Balaban J connectivity index is 3.13. The Morgan fingerprint density at radius 1 is 1.47 bits per heavy atom. The van der Waals surface area contributed by atoms with Crippen LogP contribution in [0.15, 0.2) is 0 Å². The van der Waals surface area contributed by atoms with E-state index in [1.165, 1.54) is 0 Å². The number of carbonyl (C=O) groups excluding carboxylic acids is 1. The number of thioether (sulfide) groups is 1. The van der Waals surface area contributed by atoms with E-state index in [4.69, 9.17) is 4.74 Å². The second-order valence-electron chi connectivity index (χ2n) is 3.55. The summed E-state index contributed by atoms with van der Waals surface area (Å²) in [4.78, 5) is 11.0.